The highest BCUT2D eigenvalue weighted by Crippen LogP contribution is 2.33. The zero-order valence-corrected chi connectivity index (χ0v) is 11.8. The van der Waals surface area contributed by atoms with Crippen LogP contribution in [-0.2, 0) is 6.42 Å². The molecule has 100 valence electrons. The molecule has 2 rings (SSSR count). The summed E-state index contributed by atoms with van der Waals surface area (Å²) in [6.45, 7) is 2.56. The maximum atomic E-state index is 8.84. The number of likely N-dealkylation sites (tertiary alicyclic amines) is 1. The van der Waals surface area contributed by atoms with E-state index in [2.05, 4.69) is 30.1 Å². The maximum absolute atomic E-state index is 8.84. The number of halogens is 1. The van der Waals surface area contributed by atoms with Crippen molar-refractivity contribution in [2.75, 3.05) is 26.7 Å². The predicted molar refractivity (Wildman–Crippen MR) is 76.3 cm³/mol. The molecule has 3 heteroatoms. The Morgan fingerprint density at radius 3 is 2.67 bits per heavy atom. The summed E-state index contributed by atoms with van der Waals surface area (Å²) in [6.07, 6.45) is 4.12. The molecule has 1 heterocycles. The fraction of sp³-hybridized carbons (Fsp3) is 0.600. The van der Waals surface area contributed by atoms with E-state index < -0.39 is 0 Å². The minimum absolute atomic E-state index is 0.244. The molecule has 1 saturated heterocycles. The number of piperidine rings is 1. The molecule has 0 bridgehead atoms. The van der Waals surface area contributed by atoms with Crippen molar-refractivity contribution < 1.29 is 5.11 Å². The van der Waals surface area contributed by atoms with E-state index in [1.165, 1.54) is 24.0 Å². The Morgan fingerprint density at radius 1 is 1.33 bits per heavy atom. The Balaban J connectivity index is 2.05. The van der Waals surface area contributed by atoms with Gasteiger partial charge in [-0.05, 0) is 68.9 Å². The Bertz CT molecular complexity index is 386. The van der Waals surface area contributed by atoms with Crippen molar-refractivity contribution in [1.82, 2.24) is 4.90 Å². The molecule has 1 aliphatic rings. The van der Waals surface area contributed by atoms with E-state index in [4.69, 9.17) is 16.7 Å². The smallest absolute Gasteiger partial charge is 0.0443 e. The normalized spacial score (nSPS) is 18.2. The Kier molecular flexibility index (Phi) is 5.04. The van der Waals surface area contributed by atoms with Gasteiger partial charge in [0.25, 0.3) is 0 Å². The van der Waals surface area contributed by atoms with E-state index in [1.54, 1.807) is 0 Å². The van der Waals surface area contributed by atoms with Crippen molar-refractivity contribution in [3.8, 4) is 0 Å². The fourth-order valence-corrected chi connectivity index (χ4v) is 3.02. The summed E-state index contributed by atoms with van der Waals surface area (Å²) >= 11 is 6.40. The third-order valence-electron chi connectivity index (χ3n) is 3.85. The molecule has 0 unspecified atom stereocenters. The molecule has 0 amide bonds. The van der Waals surface area contributed by atoms with Crippen LogP contribution in [0, 0.1) is 0 Å². The molecule has 0 radical (unpaired) electrons. The number of nitrogens with zero attached hydrogens (tertiary/aromatic N) is 1. The van der Waals surface area contributed by atoms with E-state index in [0.29, 0.717) is 5.92 Å². The van der Waals surface area contributed by atoms with Gasteiger partial charge in [0, 0.05) is 11.6 Å². The molecule has 1 N–H and O–H groups in total. The summed E-state index contributed by atoms with van der Waals surface area (Å²) in [5, 5.41) is 9.75. The second kappa shape index (κ2) is 6.55. The van der Waals surface area contributed by atoms with Crippen LogP contribution in [0.4, 0.5) is 0 Å². The van der Waals surface area contributed by atoms with Gasteiger partial charge in [-0.3, -0.25) is 0 Å². The molecule has 1 aromatic carbocycles. The van der Waals surface area contributed by atoms with Gasteiger partial charge in [0.15, 0.2) is 0 Å². The second-order valence-electron chi connectivity index (χ2n) is 5.26. The molecule has 0 aliphatic carbocycles. The van der Waals surface area contributed by atoms with Gasteiger partial charge in [-0.15, -0.1) is 0 Å². The average Bonchev–Trinajstić information content (AvgIpc) is 2.38. The summed E-state index contributed by atoms with van der Waals surface area (Å²) in [4.78, 5) is 2.38. The van der Waals surface area contributed by atoms with Gasteiger partial charge in [-0.25, -0.2) is 0 Å². The first-order chi connectivity index (χ1) is 8.70. The summed E-state index contributed by atoms with van der Waals surface area (Å²) in [5.74, 6) is 0.612. The van der Waals surface area contributed by atoms with Crippen molar-refractivity contribution in [3.63, 3.8) is 0 Å². The molecule has 1 fully saturated rings. The van der Waals surface area contributed by atoms with Crippen molar-refractivity contribution in [3.05, 3.63) is 34.3 Å². The summed E-state index contributed by atoms with van der Waals surface area (Å²) < 4.78 is 0. The number of benzene rings is 1. The van der Waals surface area contributed by atoms with E-state index in [-0.39, 0.29) is 6.61 Å². The third-order valence-corrected chi connectivity index (χ3v) is 4.17. The van der Waals surface area contributed by atoms with E-state index >= 15 is 0 Å². The van der Waals surface area contributed by atoms with Crippen LogP contribution >= 0.6 is 11.6 Å². The number of aryl methyl sites for hydroxylation is 1. The predicted octanol–water partition coefficient (Wildman–Crippen LogP) is 3.07. The highest BCUT2D eigenvalue weighted by Gasteiger charge is 2.20. The van der Waals surface area contributed by atoms with Crippen LogP contribution in [0.2, 0.25) is 5.02 Å². The van der Waals surface area contributed by atoms with Crippen molar-refractivity contribution in [1.29, 1.82) is 0 Å². The summed E-state index contributed by atoms with van der Waals surface area (Å²) in [7, 11) is 2.18. The molecular weight excluding hydrogens is 246 g/mol. The molecule has 2 nitrogen and oxygen atoms in total. The maximum Gasteiger partial charge on any atom is 0.0443 e. The third kappa shape index (κ3) is 3.47. The zero-order valence-electron chi connectivity index (χ0n) is 11.0. The minimum atomic E-state index is 0.244. The SMILES string of the molecule is CN1CCC(c2ccc(CCCO)cc2Cl)CC1. The van der Waals surface area contributed by atoms with Crippen LogP contribution in [0.15, 0.2) is 18.2 Å². The first-order valence-electron chi connectivity index (χ1n) is 6.78. The molecular formula is C15H22ClNO. The number of aliphatic hydroxyl groups is 1. The van der Waals surface area contributed by atoms with Crippen LogP contribution in [0.3, 0.4) is 0 Å². The first kappa shape index (κ1) is 13.9. The van der Waals surface area contributed by atoms with Gasteiger partial charge >= 0.3 is 0 Å². The average molecular weight is 268 g/mol. The van der Waals surface area contributed by atoms with Gasteiger partial charge in [-0.1, -0.05) is 23.7 Å². The molecule has 18 heavy (non-hydrogen) atoms. The monoisotopic (exact) mass is 267 g/mol. The van der Waals surface area contributed by atoms with Crippen LogP contribution in [-0.4, -0.2) is 36.8 Å². The largest absolute Gasteiger partial charge is 0.396 e. The highest BCUT2D eigenvalue weighted by molar-refractivity contribution is 6.31. The first-order valence-corrected chi connectivity index (χ1v) is 7.16. The van der Waals surface area contributed by atoms with Crippen LogP contribution < -0.4 is 0 Å². The van der Waals surface area contributed by atoms with Crippen LogP contribution in [0.1, 0.15) is 36.3 Å². The lowest BCUT2D eigenvalue weighted by atomic mass is 9.89. The quantitative estimate of drug-likeness (QED) is 0.906. The van der Waals surface area contributed by atoms with Crippen LogP contribution in [0.25, 0.3) is 0 Å². The van der Waals surface area contributed by atoms with Gasteiger partial charge in [-0.2, -0.15) is 0 Å². The van der Waals surface area contributed by atoms with E-state index in [0.717, 1.165) is 31.0 Å². The molecule has 0 saturated carbocycles. The van der Waals surface area contributed by atoms with Gasteiger partial charge in [0.2, 0.25) is 0 Å². The van der Waals surface area contributed by atoms with Crippen molar-refractivity contribution in [2.24, 2.45) is 0 Å². The highest BCUT2D eigenvalue weighted by atomic mass is 35.5. The number of rotatable bonds is 4. The second-order valence-corrected chi connectivity index (χ2v) is 5.67. The topological polar surface area (TPSA) is 23.5 Å². The van der Waals surface area contributed by atoms with Crippen LogP contribution in [0.5, 0.6) is 0 Å². The molecule has 0 atom stereocenters. The molecule has 1 aromatic rings. The van der Waals surface area contributed by atoms with Gasteiger partial charge in [0.1, 0.15) is 0 Å². The van der Waals surface area contributed by atoms with Gasteiger partial charge < -0.3 is 10.0 Å². The van der Waals surface area contributed by atoms with Gasteiger partial charge in [0.05, 0.1) is 0 Å². The lowest BCUT2D eigenvalue weighted by molar-refractivity contribution is 0.255. The standard InChI is InChI=1S/C15H22ClNO/c1-17-8-6-13(7-9-17)14-5-4-12(3-2-10-18)11-15(14)16/h4-5,11,13,18H,2-3,6-10H2,1H3. The molecule has 0 aromatic heterocycles. The zero-order chi connectivity index (χ0) is 13.0. The number of aliphatic hydroxyl groups excluding tert-OH is 1. The Morgan fingerprint density at radius 2 is 2.06 bits per heavy atom. The van der Waals surface area contributed by atoms with E-state index in [9.17, 15) is 0 Å². The Labute approximate surface area is 115 Å². The summed E-state index contributed by atoms with van der Waals surface area (Å²) in [6, 6.07) is 6.42. The van der Waals surface area contributed by atoms with Crippen molar-refractivity contribution in [2.45, 2.75) is 31.6 Å². The van der Waals surface area contributed by atoms with Crippen molar-refractivity contribution >= 4 is 11.6 Å². The number of hydrogen-bond acceptors (Lipinski definition) is 2. The number of hydrogen-bond donors (Lipinski definition) is 1. The lowest BCUT2D eigenvalue weighted by Gasteiger charge is -2.29. The molecule has 0 spiro atoms. The summed E-state index contributed by atoms with van der Waals surface area (Å²) in [5.41, 5.74) is 2.53. The van der Waals surface area contributed by atoms with E-state index in [1.807, 2.05) is 0 Å². The Hall–Kier alpha value is -0.570. The fourth-order valence-electron chi connectivity index (χ4n) is 2.66. The lowest BCUT2D eigenvalue weighted by Crippen LogP contribution is -2.29. The molecule has 1 aliphatic heterocycles. The minimum Gasteiger partial charge on any atom is -0.396 e.